The fourth-order valence-corrected chi connectivity index (χ4v) is 4.15. The second-order valence-corrected chi connectivity index (χ2v) is 7.95. The first kappa shape index (κ1) is 21.1. The number of hydrogen-bond donors (Lipinski definition) is 1. The summed E-state index contributed by atoms with van der Waals surface area (Å²) in [6.45, 7) is 1.88. The molecule has 1 saturated heterocycles. The van der Waals surface area contributed by atoms with Crippen LogP contribution in [-0.2, 0) is 11.4 Å². The van der Waals surface area contributed by atoms with Gasteiger partial charge >= 0.3 is 5.97 Å². The van der Waals surface area contributed by atoms with Gasteiger partial charge in [-0.2, -0.15) is 0 Å². The summed E-state index contributed by atoms with van der Waals surface area (Å²) in [6.07, 6.45) is 1.23. The molecule has 1 aliphatic rings. The van der Waals surface area contributed by atoms with Crippen LogP contribution in [0.4, 0.5) is 4.39 Å². The Kier molecular flexibility index (Phi) is 6.63. The Balaban J connectivity index is 1.52. The van der Waals surface area contributed by atoms with Gasteiger partial charge in [-0.25, -0.2) is 4.39 Å². The fourth-order valence-electron chi connectivity index (χ4n) is 4.15. The molecule has 4 rings (SSSR count). The maximum absolute atomic E-state index is 13.5. The van der Waals surface area contributed by atoms with Crippen molar-refractivity contribution < 1.29 is 19.0 Å². The lowest BCUT2D eigenvalue weighted by Gasteiger charge is -2.37. The number of hydrogen-bond acceptors (Lipinski definition) is 3. The van der Waals surface area contributed by atoms with Crippen molar-refractivity contribution in [1.82, 2.24) is 4.90 Å². The number of nitrogens with zero attached hydrogens (tertiary/aromatic N) is 1. The highest BCUT2D eigenvalue weighted by Gasteiger charge is 2.30. The Bertz CT molecular complexity index is 981. The summed E-state index contributed by atoms with van der Waals surface area (Å²) < 4.78 is 19.4. The van der Waals surface area contributed by atoms with Gasteiger partial charge in [0, 0.05) is 0 Å². The molecule has 1 aliphatic heterocycles. The summed E-state index contributed by atoms with van der Waals surface area (Å²) in [6, 6.07) is 24.5. The van der Waals surface area contributed by atoms with Crippen LogP contribution in [0.15, 0.2) is 78.9 Å². The normalized spacial score (nSPS) is 16.0. The molecule has 0 saturated carbocycles. The third-order valence-corrected chi connectivity index (χ3v) is 5.87. The van der Waals surface area contributed by atoms with Crippen molar-refractivity contribution in [3.05, 3.63) is 101 Å². The molecule has 0 bridgehead atoms. The second-order valence-electron chi connectivity index (χ2n) is 7.95. The minimum atomic E-state index is -0.724. The summed E-state index contributed by atoms with van der Waals surface area (Å²) in [7, 11) is 0. The number of likely N-dealkylation sites (tertiary alicyclic amines) is 1. The van der Waals surface area contributed by atoms with Crippen LogP contribution in [0.5, 0.6) is 5.75 Å². The molecular weight excluding hydrogens is 393 g/mol. The van der Waals surface area contributed by atoms with E-state index in [9.17, 15) is 14.3 Å². The van der Waals surface area contributed by atoms with Crippen molar-refractivity contribution in [2.45, 2.75) is 25.5 Å². The molecule has 1 N–H and O–H groups in total. The molecule has 1 heterocycles. The molecular formula is C26H26FNO3. The average Bonchev–Trinajstić information content (AvgIpc) is 2.81. The van der Waals surface area contributed by atoms with E-state index >= 15 is 0 Å². The zero-order chi connectivity index (χ0) is 21.6. The molecule has 0 aliphatic carbocycles. The van der Waals surface area contributed by atoms with Crippen molar-refractivity contribution in [3.63, 3.8) is 0 Å². The van der Waals surface area contributed by atoms with E-state index in [1.54, 1.807) is 0 Å². The Hall–Kier alpha value is -3.18. The highest BCUT2D eigenvalue weighted by atomic mass is 19.1. The van der Waals surface area contributed by atoms with E-state index in [0.29, 0.717) is 32.5 Å². The van der Waals surface area contributed by atoms with E-state index in [1.165, 1.54) is 12.1 Å². The third-order valence-electron chi connectivity index (χ3n) is 5.87. The molecule has 0 aromatic heterocycles. The Morgan fingerprint density at radius 3 is 2.10 bits per heavy atom. The summed E-state index contributed by atoms with van der Waals surface area (Å²) in [5, 5.41) is 9.32. The van der Waals surface area contributed by atoms with Gasteiger partial charge in [-0.1, -0.05) is 54.6 Å². The second kappa shape index (κ2) is 9.75. The number of carboxylic acid groups (broad SMARTS) is 1. The molecule has 3 aromatic rings. The van der Waals surface area contributed by atoms with E-state index in [2.05, 4.69) is 4.90 Å². The first-order valence-electron chi connectivity index (χ1n) is 10.6. The standard InChI is InChI=1S/C26H26FNO3/c27-23-10-6-20(7-11-23)25(28-16-14-22(15-17-28)26(29)30)21-8-12-24(13-9-21)31-18-19-4-2-1-3-5-19/h1-13,22,25H,14-18H2,(H,29,30). The monoisotopic (exact) mass is 419 g/mol. The molecule has 0 spiro atoms. The van der Waals surface area contributed by atoms with Gasteiger partial charge in [-0.3, -0.25) is 9.69 Å². The van der Waals surface area contributed by atoms with Crippen LogP contribution in [0.2, 0.25) is 0 Å². The van der Waals surface area contributed by atoms with Gasteiger partial charge in [0.2, 0.25) is 0 Å². The maximum atomic E-state index is 13.5. The topological polar surface area (TPSA) is 49.8 Å². The van der Waals surface area contributed by atoms with Gasteiger partial charge in [-0.05, 0) is 66.9 Å². The van der Waals surface area contributed by atoms with E-state index in [1.807, 2.05) is 66.7 Å². The van der Waals surface area contributed by atoms with Gasteiger partial charge in [0.05, 0.1) is 12.0 Å². The number of benzene rings is 3. The van der Waals surface area contributed by atoms with Crippen molar-refractivity contribution in [1.29, 1.82) is 0 Å². The van der Waals surface area contributed by atoms with Crippen LogP contribution in [0.1, 0.15) is 35.6 Å². The minimum absolute atomic E-state index is 0.0569. The fraction of sp³-hybridized carbons (Fsp3) is 0.269. The lowest BCUT2D eigenvalue weighted by atomic mass is 9.91. The molecule has 0 radical (unpaired) electrons. The van der Waals surface area contributed by atoms with Crippen LogP contribution in [0.25, 0.3) is 0 Å². The predicted octanol–water partition coefficient (Wildman–Crippen LogP) is 5.29. The highest BCUT2D eigenvalue weighted by Crippen LogP contribution is 2.33. The van der Waals surface area contributed by atoms with E-state index in [-0.39, 0.29) is 17.8 Å². The zero-order valence-corrected chi connectivity index (χ0v) is 17.3. The molecule has 1 fully saturated rings. The van der Waals surface area contributed by atoms with Crippen LogP contribution in [0, 0.1) is 11.7 Å². The number of piperidine rings is 1. The number of ether oxygens (including phenoxy) is 1. The number of rotatable bonds is 7. The molecule has 3 aromatic carbocycles. The molecule has 1 atom stereocenters. The van der Waals surface area contributed by atoms with Gasteiger partial charge in [0.15, 0.2) is 0 Å². The highest BCUT2D eigenvalue weighted by molar-refractivity contribution is 5.70. The SMILES string of the molecule is O=C(O)C1CCN(C(c2ccc(F)cc2)c2ccc(OCc3ccccc3)cc2)CC1. The van der Waals surface area contributed by atoms with Gasteiger partial charge in [0.25, 0.3) is 0 Å². The summed E-state index contributed by atoms with van der Waals surface area (Å²) in [5.74, 6) is -0.497. The van der Waals surface area contributed by atoms with E-state index in [4.69, 9.17) is 4.74 Å². The molecule has 160 valence electrons. The van der Waals surface area contributed by atoms with Crippen LogP contribution in [-0.4, -0.2) is 29.1 Å². The molecule has 0 amide bonds. The molecule has 4 nitrogen and oxygen atoms in total. The summed E-state index contributed by atoms with van der Waals surface area (Å²) in [5.41, 5.74) is 3.18. The van der Waals surface area contributed by atoms with Gasteiger partial charge in [-0.15, -0.1) is 0 Å². The first-order chi connectivity index (χ1) is 15.1. The zero-order valence-electron chi connectivity index (χ0n) is 17.3. The Labute approximate surface area is 181 Å². The van der Waals surface area contributed by atoms with Crippen LogP contribution >= 0.6 is 0 Å². The van der Waals surface area contributed by atoms with E-state index in [0.717, 1.165) is 22.4 Å². The van der Waals surface area contributed by atoms with Crippen LogP contribution in [0.3, 0.4) is 0 Å². The lowest BCUT2D eigenvalue weighted by Crippen LogP contribution is -2.39. The molecule has 5 heteroatoms. The number of aliphatic carboxylic acids is 1. The van der Waals surface area contributed by atoms with Crippen molar-refractivity contribution in [3.8, 4) is 5.75 Å². The number of halogens is 1. The van der Waals surface area contributed by atoms with Crippen molar-refractivity contribution in [2.75, 3.05) is 13.1 Å². The molecule has 1 unspecified atom stereocenters. The largest absolute Gasteiger partial charge is 0.489 e. The van der Waals surface area contributed by atoms with Crippen molar-refractivity contribution in [2.24, 2.45) is 5.92 Å². The summed E-state index contributed by atoms with van der Waals surface area (Å²) >= 11 is 0. The first-order valence-corrected chi connectivity index (χ1v) is 10.6. The minimum Gasteiger partial charge on any atom is -0.489 e. The average molecular weight is 419 g/mol. The lowest BCUT2D eigenvalue weighted by molar-refractivity contribution is -0.143. The Morgan fingerprint density at radius 2 is 1.52 bits per heavy atom. The number of carbonyl (C=O) groups is 1. The van der Waals surface area contributed by atoms with E-state index < -0.39 is 5.97 Å². The van der Waals surface area contributed by atoms with Gasteiger partial charge in [0.1, 0.15) is 18.2 Å². The maximum Gasteiger partial charge on any atom is 0.306 e. The predicted molar refractivity (Wildman–Crippen MR) is 117 cm³/mol. The third kappa shape index (κ3) is 5.30. The van der Waals surface area contributed by atoms with Gasteiger partial charge < -0.3 is 9.84 Å². The number of carboxylic acids is 1. The quantitative estimate of drug-likeness (QED) is 0.565. The summed E-state index contributed by atoms with van der Waals surface area (Å²) in [4.78, 5) is 13.6. The smallest absolute Gasteiger partial charge is 0.306 e. The van der Waals surface area contributed by atoms with Crippen LogP contribution < -0.4 is 4.74 Å². The Morgan fingerprint density at radius 1 is 0.935 bits per heavy atom. The molecule has 31 heavy (non-hydrogen) atoms. The van der Waals surface area contributed by atoms with Crippen molar-refractivity contribution >= 4 is 5.97 Å².